The third-order valence-corrected chi connectivity index (χ3v) is 4.68. The predicted octanol–water partition coefficient (Wildman–Crippen LogP) is 4.56. The Kier molecular flexibility index (Phi) is 4.79. The molecule has 0 saturated heterocycles. The van der Waals surface area contributed by atoms with Crippen LogP contribution in [0.2, 0.25) is 0 Å². The number of carbonyl (C=O) groups is 1. The molecule has 0 aliphatic carbocycles. The first-order chi connectivity index (χ1) is 14.0. The molecule has 142 valence electrons. The highest BCUT2D eigenvalue weighted by atomic mass is 16.4. The largest absolute Gasteiger partial charge is 0.478 e. The zero-order valence-corrected chi connectivity index (χ0v) is 15.7. The van der Waals surface area contributed by atoms with Crippen molar-refractivity contribution in [1.29, 1.82) is 0 Å². The van der Waals surface area contributed by atoms with Gasteiger partial charge in [-0.15, -0.1) is 0 Å². The fourth-order valence-corrected chi connectivity index (χ4v) is 3.11. The lowest BCUT2D eigenvalue weighted by molar-refractivity contribution is 0.0697. The minimum atomic E-state index is -1.01. The first-order valence-electron chi connectivity index (χ1n) is 9.13. The highest BCUT2D eigenvalue weighted by molar-refractivity contribution is 5.88. The third-order valence-electron chi connectivity index (χ3n) is 4.68. The number of aryl methyl sites for hydroxylation is 1. The van der Waals surface area contributed by atoms with Crippen LogP contribution in [0.4, 0.5) is 0 Å². The molecule has 1 heterocycles. The molecular formula is C24H18N2O3. The van der Waals surface area contributed by atoms with Crippen LogP contribution in [0.25, 0.3) is 28.7 Å². The summed E-state index contributed by atoms with van der Waals surface area (Å²) in [6.45, 7) is 2.02. The van der Waals surface area contributed by atoms with Gasteiger partial charge in [0.05, 0.1) is 22.2 Å². The molecule has 0 spiro atoms. The monoisotopic (exact) mass is 382 g/mol. The maximum Gasteiger partial charge on any atom is 0.335 e. The number of carboxylic acids is 1. The maximum atomic E-state index is 13.2. The van der Waals surface area contributed by atoms with E-state index in [4.69, 9.17) is 5.11 Å². The lowest BCUT2D eigenvalue weighted by Gasteiger charge is -2.11. The topological polar surface area (TPSA) is 72.2 Å². The van der Waals surface area contributed by atoms with Gasteiger partial charge >= 0.3 is 5.97 Å². The fourth-order valence-electron chi connectivity index (χ4n) is 3.11. The van der Waals surface area contributed by atoms with E-state index in [1.807, 2.05) is 43.3 Å². The highest BCUT2D eigenvalue weighted by Gasteiger charge is 2.12. The molecule has 4 rings (SSSR count). The summed E-state index contributed by atoms with van der Waals surface area (Å²) in [5, 5.41) is 9.64. The summed E-state index contributed by atoms with van der Waals surface area (Å²) < 4.78 is 1.50. The smallest absolute Gasteiger partial charge is 0.335 e. The molecule has 0 fully saturated rings. The molecule has 4 aromatic rings. The van der Waals surface area contributed by atoms with Crippen LogP contribution < -0.4 is 5.56 Å². The van der Waals surface area contributed by atoms with Gasteiger partial charge in [-0.05, 0) is 55.0 Å². The van der Waals surface area contributed by atoms with Crippen LogP contribution in [-0.4, -0.2) is 20.6 Å². The number of aromatic carboxylic acids is 1. The summed E-state index contributed by atoms with van der Waals surface area (Å²) >= 11 is 0. The summed E-state index contributed by atoms with van der Waals surface area (Å²) in [7, 11) is 0. The van der Waals surface area contributed by atoms with Crippen molar-refractivity contribution in [2.24, 2.45) is 0 Å². The van der Waals surface area contributed by atoms with E-state index < -0.39 is 5.97 Å². The first kappa shape index (κ1) is 18.4. The molecule has 0 saturated carbocycles. The maximum absolute atomic E-state index is 13.2. The minimum Gasteiger partial charge on any atom is -0.478 e. The minimum absolute atomic E-state index is 0.160. The van der Waals surface area contributed by atoms with Crippen molar-refractivity contribution in [2.45, 2.75) is 6.92 Å². The van der Waals surface area contributed by atoms with Crippen LogP contribution in [0, 0.1) is 6.92 Å². The van der Waals surface area contributed by atoms with Gasteiger partial charge in [-0.2, -0.15) is 0 Å². The Morgan fingerprint density at radius 2 is 1.62 bits per heavy atom. The van der Waals surface area contributed by atoms with Crippen molar-refractivity contribution in [1.82, 2.24) is 9.55 Å². The van der Waals surface area contributed by atoms with E-state index in [1.165, 1.54) is 22.3 Å². The van der Waals surface area contributed by atoms with Crippen LogP contribution in [0.15, 0.2) is 77.6 Å². The van der Waals surface area contributed by atoms with Gasteiger partial charge in [-0.25, -0.2) is 9.78 Å². The van der Waals surface area contributed by atoms with Crippen molar-refractivity contribution in [3.63, 3.8) is 0 Å². The Bertz CT molecular complexity index is 1280. The van der Waals surface area contributed by atoms with Crippen molar-refractivity contribution in [2.75, 3.05) is 0 Å². The normalized spacial score (nSPS) is 11.2. The van der Waals surface area contributed by atoms with Crippen molar-refractivity contribution in [3.05, 3.63) is 106 Å². The Hall–Kier alpha value is -3.99. The molecule has 0 unspecified atom stereocenters. The summed E-state index contributed by atoms with van der Waals surface area (Å²) in [5.74, 6) is -0.544. The van der Waals surface area contributed by atoms with Crippen LogP contribution in [0.1, 0.15) is 27.3 Å². The highest BCUT2D eigenvalue weighted by Crippen LogP contribution is 2.16. The number of carboxylic acid groups (broad SMARTS) is 1. The van der Waals surface area contributed by atoms with Gasteiger partial charge < -0.3 is 5.11 Å². The molecule has 3 aromatic carbocycles. The number of para-hydroxylation sites is 1. The number of rotatable bonds is 4. The number of nitrogens with zero attached hydrogens (tertiary/aromatic N) is 2. The molecule has 0 aliphatic rings. The molecule has 5 nitrogen and oxygen atoms in total. The van der Waals surface area contributed by atoms with Crippen molar-refractivity contribution < 1.29 is 9.90 Å². The molecule has 0 bridgehead atoms. The van der Waals surface area contributed by atoms with Gasteiger partial charge in [0.2, 0.25) is 0 Å². The quantitative estimate of drug-likeness (QED) is 0.561. The predicted molar refractivity (Wildman–Crippen MR) is 114 cm³/mol. The molecule has 29 heavy (non-hydrogen) atoms. The summed E-state index contributed by atoms with van der Waals surface area (Å²) in [6.07, 6.45) is 3.70. The van der Waals surface area contributed by atoms with Crippen molar-refractivity contribution >= 4 is 29.0 Å². The van der Waals surface area contributed by atoms with E-state index in [-0.39, 0.29) is 11.1 Å². The molecule has 0 aliphatic heterocycles. The van der Waals surface area contributed by atoms with Gasteiger partial charge in [0, 0.05) is 0 Å². The van der Waals surface area contributed by atoms with Gasteiger partial charge in [0.25, 0.3) is 5.56 Å². The van der Waals surface area contributed by atoms with Crippen LogP contribution in [0.3, 0.4) is 0 Å². The molecule has 0 amide bonds. The van der Waals surface area contributed by atoms with E-state index in [2.05, 4.69) is 4.98 Å². The lowest BCUT2D eigenvalue weighted by atomic mass is 10.1. The van der Waals surface area contributed by atoms with E-state index in [9.17, 15) is 9.59 Å². The van der Waals surface area contributed by atoms with Gasteiger partial charge in [0.1, 0.15) is 5.82 Å². The second-order valence-electron chi connectivity index (χ2n) is 6.72. The summed E-state index contributed by atoms with van der Waals surface area (Å²) in [5.41, 5.74) is 3.28. The van der Waals surface area contributed by atoms with Gasteiger partial charge in [-0.1, -0.05) is 48.0 Å². The Morgan fingerprint density at radius 3 is 2.31 bits per heavy atom. The standard InChI is InChI=1S/C24H18N2O3/c1-16-6-8-17(9-7-16)10-15-22-25-21-5-3-2-4-20(21)23(27)26(22)19-13-11-18(12-14-19)24(28)29/h2-15H,1H3,(H,28,29). The second kappa shape index (κ2) is 7.56. The van der Waals surface area contributed by atoms with E-state index in [0.29, 0.717) is 22.4 Å². The number of benzene rings is 3. The van der Waals surface area contributed by atoms with E-state index >= 15 is 0 Å². The van der Waals surface area contributed by atoms with E-state index in [0.717, 1.165) is 5.56 Å². The average molecular weight is 382 g/mol. The Labute approximate surface area is 167 Å². The van der Waals surface area contributed by atoms with Gasteiger partial charge in [0.15, 0.2) is 0 Å². The van der Waals surface area contributed by atoms with Gasteiger partial charge in [-0.3, -0.25) is 9.36 Å². The fraction of sp³-hybridized carbons (Fsp3) is 0.0417. The summed E-state index contributed by atoms with van der Waals surface area (Å²) in [6, 6.07) is 21.4. The molecule has 1 N–H and O–H groups in total. The third kappa shape index (κ3) is 3.71. The zero-order valence-electron chi connectivity index (χ0n) is 15.7. The van der Waals surface area contributed by atoms with E-state index in [1.54, 1.807) is 36.4 Å². The number of hydrogen-bond donors (Lipinski definition) is 1. The molecule has 0 atom stereocenters. The summed E-state index contributed by atoms with van der Waals surface area (Å²) in [4.78, 5) is 29.0. The van der Waals surface area contributed by atoms with Crippen LogP contribution in [0.5, 0.6) is 0 Å². The van der Waals surface area contributed by atoms with Crippen molar-refractivity contribution in [3.8, 4) is 5.69 Å². The Morgan fingerprint density at radius 1 is 0.931 bits per heavy atom. The second-order valence-corrected chi connectivity index (χ2v) is 6.72. The molecule has 1 aromatic heterocycles. The number of aromatic nitrogens is 2. The van der Waals surface area contributed by atoms with Crippen LogP contribution >= 0.6 is 0 Å². The lowest BCUT2D eigenvalue weighted by Crippen LogP contribution is -2.22. The van der Waals surface area contributed by atoms with Crippen LogP contribution in [-0.2, 0) is 0 Å². The SMILES string of the molecule is Cc1ccc(C=Cc2nc3ccccc3c(=O)n2-c2ccc(C(=O)O)cc2)cc1. The average Bonchev–Trinajstić information content (AvgIpc) is 2.73. The Balaban J connectivity index is 1.89. The molecular weight excluding hydrogens is 364 g/mol. The molecule has 5 heteroatoms. The first-order valence-corrected chi connectivity index (χ1v) is 9.13. The molecule has 0 radical (unpaired) electrons. The zero-order chi connectivity index (χ0) is 20.4. The number of fused-ring (bicyclic) bond motifs is 1. The number of hydrogen-bond acceptors (Lipinski definition) is 3.